The minimum absolute atomic E-state index is 0.0442. The van der Waals surface area contributed by atoms with Gasteiger partial charge in [0.1, 0.15) is 24.4 Å². The number of nitrogens with zero attached hydrogens (tertiary/aromatic N) is 1. The average molecular weight is 514 g/mol. The van der Waals surface area contributed by atoms with Crippen LogP contribution in [-0.4, -0.2) is 66.5 Å². The van der Waals surface area contributed by atoms with Crippen molar-refractivity contribution in [1.82, 2.24) is 10.6 Å². The maximum absolute atomic E-state index is 13.5. The Bertz CT molecular complexity index is 1150. The molecule has 0 aliphatic rings. The molecular formula is C28H39N3O6. The second kappa shape index (κ2) is 12.2. The van der Waals surface area contributed by atoms with Crippen molar-refractivity contribution in [1.29, 1.82) is 0 Å². The van der Waals surface area contributed by atoms with E-state index in [9.17, 15) is 19.5 Å². The van der Waals surface area contributed by atoms with Crippen LogP contribution in [0.25, 0.3) is 10.8 Å². The van der Waals surface area contributed by atoms with E-state index >= 15 is 0 Å². The highest BCUT2D eigenvalue weighted by Gasteiger charge is 2.36. The van der Waals surface area contributed by atoms with Gasteiger partial charge in [-0.2, -0.15) is 0 Å². The molecular weight excluding hydrogens is 474 g/mol. The van der Waals surface area contributed by atoms with Crippen LogP contribution in [0.3, 0.4) is 0 Å². The van der Waals surface area contributed by atoms with Gasteiger partial charge >= 0.3 is 5.97 Å². The molecule has 2 amide bonds. The van der Waals surface area contributed by atoms with Gasteiger partial charge in [-0.3, -0.25) is 19.4 Å². The van der Waals surface area contributed by atoms with Crippen molar-refractivity contribution in [3.05, 3.63) is 42.0 Å². The number of carbonyl (C=O) groups excluding carboxylic acids is 3. The van der Waals surface area contributed by atoms with Crippen molar-refractivity contribution >= 4 is 34.8 Å². The van der Waals surface area contributed by atoms with E-state index in [1.807, 2.05) is 71.9 Å². The predicted molar refractivity (Wildman–Crippen MR) is 144 cm³/mol. The zero-order valence-corrected chi connectivity index (χ0v) is 22.9. The molecule has 3 atom stereocenters. The minimum atomic E-state index is -1.10. The quantitative estimate of drug-likeness (QED) is 0.349. The van der Waals surface area contributed by atoms with Crippen LogP contribution in [0, 0.1) is 5.41 Å². The number of amides is 2. The molecule has 0 bridgehead atoms. The lowest BCUT2D eigenvalue weighted by atomic mass is 9.86. The SMILES string of the molecule is COC(=O)CNC(=O)[C@@H](NC(=O)[C@@H](N=Cc1c(O)ccc2ccccc12)C(C)(C)C)C(C)OC(C)(C)C. The van der Waals surface area contributed by atoms with Crippen molar-refractivity contribution in [2.24, 2.45) is 10.4 Å². The van der Waals surface area contributed by atoms with Gasteiger partial charge in [0.15, 0.2) is 0 Å². The van der Waals surface area contributed by atoms with Gasteiger partial charge < -0.3 is 25.2 Å². The topological polar surface area (TPSA) is 126 Å². The number of aliphatic imine (C=N–C) groups is 1. The zero-order valence-electron chi connectivity index (χ0n) is 22.9. The Morgan fingerprint density at radius 2 is 1.68 bits per heavy atom. The number of carbonyl (C=O) groups is 3. The number of rotatable bonds is 9. The smallest absolute Gasteiger partial charge is 0.325 e. The normalized spacial score (nSPS) is 14.7. The summed E-state index contributed by atoms with van der Waals surface area (Å²) in [5.74, 6) is -1.65. The number of hydrogen-bond acceptors (Lipinski definition) is 7. The van der Waals surface area contributed by atoms with Crippen LogP contribution in [0.4, 0.5) is 0 Å². The predicted octanol–water partition coefficient (Wildman–Crippen LogP) is 3.36. The van der Waals surface area contributed by atoms with E-state index in [-0.39, 0.29) is 12.3 Å². The van der Waals surface area contributed by atoms with Crippen molar-refractivity contribution in [2.45, 2.75) is 72.3 Å². The maximum Gasteiger partial charge on any atom is 0.325 e. The lowest BCUT2D eigenvalue weighted by Crippen LogP contribution is -2.57. The fourth-order valence-electron chi connectivity index (χ4n) is 3.85. The summed E-state index contributed by atoms with van der Waals surface area (Å²) >= 11 is 0. The van der Waals surface area contributed by atoms with E-state index in [1.54, 1.807) is 13.0 Å². The summed E-state index contributed by atoms with van der Waals surface area (Å²) in [5, 5.41) is 17.5. The van der Waals surface area contributed by atoms with Crippen LogP contribution < -0.4 is 10.6 Å². The van der Waals surface area contributed by atoms with E-state index in [4.69, 9.17) is 4.74 Å². The first-order valence-electron chi connectivity index (χ1n) is 12.2. The van der Waals surface area contributed by atoms with E-state index in [0.29, 0.717) is 5.56 Å². The summed E-state index contributed by atoms with van der Waals surface area (Å²) in [6.45, 7) is 12.4. The summed E-state index contributed by atoms with van der Waals surface area (Å²) in [7, 11) is 1.22. The molecule has 9 heteroatoms. The van der Waals surface area contributed by atoms with E-state index < -0.39 is 47.0 Å². The number of aromatic hydroxyl groups is 1. The molecule has 0 spiro atoms. The average Bonchev–Trinajstić information content (AvgIpc) is 2.80. The molecule has 2 aromatic rings. The van der Waals surface area contributed by atoms with E-state index in [0.717, 1.165) is 10.8 Å². The van der Waals surface area contributed by atoms with Gasteiger partial charge in [0.25, 0.3) is 0 Å². The van der Waals surface area contributed by atoms with Crippen LogP contribution in [-0.2, 0) is 23.9 Å². The molecule has 0 heterocycles. The summed E-state index contributed by atoms with van der Waals surface area (Å²) in [5.41, 5.74) is -0.711. The van der Waals surface area contributed by atoms with E-state index in [2.05, 4.69) is 20.4 Å². The number of benzene rings is 2. The largest absolute Gasteiger partial charge is 0.507 e. The first-order chi connectivity index (χ1) is 17.1. The summed E-state index contributed by atoms with van der Waals surface area (Å²) < 4.78 is 10.5. The van der Waals surface area contributed by atoms with Gasteiger partial charge in [-0.25, -0.2) is 0 Å². The molecule has 37 heavy (non-hydrogen) atoms. The van der Waals surface area contributed by atoms with Crippen molar-refractivity contribution < 1.29 is 29.0 Å². The number of fused-ring (bicyclic) bond motifs is 1. The number of ether oxygens (including phenoxy) is 2. The Morgan fingerprint density at radius 3 is 2.27 bits per heavy atom. The van der Waals surface area contributed by atoms with Crippen molar-refractivity contribution in [2.75, 3.05) is 13.7 Å². The lowest BCUT2D eigenvalue weighted by molar-refractivity contribution is -0.143. The zero-order chi connectivity index (χ0) is 28.0. The molecule has 1 unspecified atom stereocenters. The first-order valence-corrected chi connectivity index (χ1v) is 12.2. The highest BCUT2D eigenvalue weighted by atomic mass is 16.5. The molecule has 0 aliphatic heterocycles. The van der Waals surface area contributed by atoms with Crippen LogP contribution in [0.15, 0.2) is 41.4 Å². The van der Waals surface area contributed by atoms with Crippen LogP contribution in [0.5, 0.6) is 5.75 Å². The molecule has 3 N–H and O–H groups in total. The molecule has 0 radical (unpaired) electrons. The monoisotopic (exact) mass is 513 g/mol. The maximum atomic E-state index is 13.5. The molecule has 0 fully saturated rings. The lowest BCUT2D eigenvalue weighted by Gasteiger charge is -2.33. The molecule has 0 aromatic heterocycles. The molecule has 2 rings (SSSR count). The molecule has 202 valence electrons. The van der Waals surface area contributed by atoms with Gasteiger partial charge in [0, 0.05) is 11.8 Å². The summed E-state index contributed by atoms with van der Waals surface area (Å²) in [6, 6.07) is 8.96. The van der Waals surface area contributed by atoms with Crippen LogP contribution in [0.1, 0.15) is 54.0 Å². The Labute approximate surface area is 218 Å². The standard InChI is InChI=1S/C28H39N3O6/c1-17(37-28(5,6)7)23(25(34)30-16-22(33)36-8)31-26(35)24(27(2,3)4)29-15-20-19-12-10-9-11-18(19)13-14-21(20)32/h9-15,17,23-24,32H,16H2,1-8H3,(H,30,34)(H,31,35)/t17?,23-,24+/m0/s1. The number of methoxy groups -OCH3 is 1. The third-order valence-corrected chi connectivity index (χ3v) is 5.59. The third-order valence-electron chi connectivity index (χ3n) is 5.59. The molecule has 0 saturated heterocycles. The Morgan fingerprint density at radius 1 is 1.03 bits per heavy atom. The second-order valence-corrected chi connectivity index (χ2v) is 11.0. The molecule has 0 aliphatic carbocycles. The van der Waals surface area contributed by atoms with Gasteiger partial charge in [-0.05, 0) is 49.9 Å². The number of esters is 1. The number of phenolic OH excluding ortho intramolecular Hbond substituents is 1. The molecule has 9 nitrogen and oxygen atoms in total. The summed E-state index contributed by atoms with van der Waals surface area (Å²) in [6.07, 6.45) is 0.780. The fourth-order valence-corrected chi connectivity index (χ4v) is 3.85. The molecule has 2 aromatic carbocycles. The van der Waals surface area contributed by atoms with Crippen LogP contribution in [0.2, 0.25) is 0 Å². The Hall–Kier alpha value is -3.46. The Balaban J connectivity index is 2.37. The number of hydrogen-bond donors (Lipinski definition) is 3. The van der Waals surface area contributed by atoms with Gasteiger partial charge in [0.05, 0.1) is 18.8 Å². The minimum Gasteiger partial charge on any atom is -0.507 e. The molecule has 0 saturated carbocycles. The fraction of sp³-hybridized carbons (Fsp3) is 0.500. The second-order valence-electron chi connectivity index (χ2n) is 11.0. The summed E-state index contributed by atoms with van der Waals surface area (Å²) in [4.78, 5) is 42.6. The van der Waals surface area contributed by atoms with E-state index in [1.165, 1.54) is 13.3 Å². The van der Waals surface area contributed by atoms with Crippen molar-refractivity contribution in [3.63, 3.8) is 0 Å². The highest BCUT2D eigenvalue weighted by molar-refractivity contribution is 6.03. The van der Waals surface area contributed by atoms with Gasteiger partial charge in [-0.15, -0.1) is 0 Å². The van der Waals surface area contributed by atoms with Crippen LogP contribution >= 0.6 is 0 Å². The Kier molecular flexibility index (Phi) is 9.80. The number of phenols is 1. The number of nitrogens with one attached hydrogen (secondary N) is 2. The highest BCUT2D eigenvalue weighted by Crippen LogP contribution is 2.28. The first kappa shape index (κ1) is 29.8. The van der Waals surface area contributed by atoms with Gasteiger partial charge in [0.2, 0.25) is 11.8 Å². The van der Waals surface area contributed by atoms with Gasteiger partial charge in [-0.1, -0.05) is 51.1 Å². The third kappa shape index (κ3) is 8.56. The van der Waals surface area contributed by atoms with Crippen molar-refractivity contribution in [3.8, 4) is 5.75 Å².